The third-order valence-corrected chi connectivity index (χ3v) is 3.36. The summed E-state index contributed by atoms with van der Waals surface area (Å²) in [4.78, 5) is 23.3. The molecule has 0 unspecified atom stereocenters. The fraction of sp³-hybridized carbons (Fsp3) is 0.167. The summed E-state index contributed by atoms with van der Waals surface area (Å²) in [6.45, 7) is 2.92. The second-order valence-corrected chi connectivity index (χ2v) is 5.71. The van der Waals surface area contributed by atoms with Crippen LogP contribution in [0, 0.1) is 7.43 Å². The Hall–Kier alpha value is -2.46. The van der Waals surface area contributed by atoms with Crippen LogP contribution in [0.2, 0.25) is 5.02 Å². The molecule has 0 saturated carbocycles. The molecule has 0 aliphatic rings. The molecule has 0 radical (unpaired) electrons. The van der Waals surface area contributed by atoms with E-state index in [0.717, 1.165) is 0 Å². The molecular formula is C18H18ClO4+. The standard InChI is InChI=1S/C17H15ClO4.CH3/c1-17(2,16(20)21)22-14-9-5-12(6-10-14)15(19)11-3-7-13(18)8-4-11;/h3-10H,1-2H3,(H,20,21);1H3/q;+1. The number of ether oxygens (including phenoxy) is 1. The first-order valence-electron chi connectivity index (χ1n) is 6.62. The van der Waals surface area contributed by atoms with Gasteiger partial charge < -0.3 is 9.84 Å². The summed E-state index contributed by atoms with van der Waals surface area (Å²) >= 11 is 5.79. The van der Waals surface area contributed by atoms with Gasteiger partial charge in [0, 0.05) is 23.6 Å². The van der Waals surface area contributed by atoms with E-state index in [2.05, 4.69) is 0 Å². The van der Waals surface area contributed by atoms with Gasteiger partial charge in [-0.3, -0.25) is 4.79 Å². The largest absolute Gasteiger partial charge is 0.478 e. The Morgan fingerprint density at radius 1 is 0.957 bits per heavy atom. The van der Waals surface area contributed by atoms with E-state index in [4.69, 9.17) is 21.4 Å². The zero-order valence-electron chi connectivity index (χ0n) is 13.2. The molecule has 2 rings (SSSR count). The molecule has 0 heterocycles. The van der Waals surface area contributed by atoms with Gasteiger partial charge in [-0.1, -0.05) is 11.6 Å². The summed E-state index contributed by atoms with van der Waals surface area (Å²) in [6.07, 6.45) is 0. The second kappa shape index (κ2) is 7.20. The Kier molecular flexibility index (Phi) is 5.82. The lowest BCUT2D eigenvalue weighted by atomic mass is 10.0. The van der Waals surface area contributed by atoms with Crippen molar-refractivity contribution in [1.82, 2.24) is 0 Å². The average Bonchev–Trinajstić information content (AvgIpc) is 2.47. The summed E-state index contributed by atoms with van der Waals surface area (Å²) in [5.74, 6) is -0.811. The molecule has 0 saturated heterocycles. The average molecular weight is 334 g/mol. The summed E-state index contributed by atoms with van der Waals surface area (Å²) < 4.78 is 5.39. The smallest absolute Gasteiger partial charge is 0.347 e. The van der Waals surface area contributed by atoms with E-state index in [1.54, 1.807) is 48.5 Å². The van der Waals surface area contributed by atoms with Crippen molar-refractivity contribution in [2.75, 3.05) is 0 Å². The predicted octanol–water partition coefficient (Wildman–Crippen LogP) is 4.26. The van der Waals surface area contributed by atoms with Crippen LogP contribution in [0.4, 0.5) is 0 Å². The number of rotatable bonds is 5. The van der Waals surface area contributed by atoms with Gasteiger partial charge in [0.25, 0.3) is 0 Å². The van der Waals surface area contributed by atoms with Crippen LogP contribution in [0.1, 0.15) is 29.8 Å². The molecule has 5 heteroatoms. The highest BCUT2D eigenvalue weighted by Gasteiger charge is 2.29. The summed E-state index contributed by atoms with van der Waals surface area (Å²) in [5, 5.41) is 9.59. The molecule has 0 amide bonds. The van der Waals surface area contributed by atoms with Crippen molar-refractivity contribution in [2.24, 2.45) is 0 Å². The number of halogens is 1. The number of carbonyl (C=O) groups is 2. The summed E-state index contributed by atoms with van der Waals surface area (Å²) in [5.41, 5.74) is -0.312. The van der Waals surface area contributed by atoms with E-state index in [1.807, 2.05) is 0 Å². The minimum atomic E-state index is -1.33. The van der Waals surface area contributed by atoms with Gasteiger partial charge in [0.1, 0.15) is 5.75 Å². The topological polar surface area (TPSA) is 63.6 Å². The van der Waals surface area contributed by atoms with Gasteiger partial charge in [0.15, 0.2) is 11.4 Å². The molecule has 0 aromatic heterocycles. The highest BCUT2D eigenvalue weighted by atomic mass is 35.5. The first kappa shape index (κ1) is 18.6. The van der Waals surface area contributed by atoms with Gasteiger partial charge in [-0.05, 0) is 62.4 Å². The molecule has 2 aromatic carbocycles. The monoisotopic (exact) mass is 333 g/mol. The second-order valence-electron chi connectivity index (χ2n) is 5.28. The highest BCUT2D eigenvalue weighted by molar-refractivity contribution is 6.30. The Morgan fingerprint density at radius 3 is 1.83 bits per heavy atom. The number of benzene rings is 2. The van der Waals surface area contributed by atoms with E-state index in [0.29, 0.717) is 21.9 Å². The quantitative estimate of drug-likeness (QED) is 0.655. The van der Waals surface area contributed by atoms with Crippen LogP contribution in [0.5, 0.6) is 5.75 Å². The van der Waals surface area contributed by atoms with Crippen LogP contribution in [0.25, 0.3) is 0 Å². The normalized spacial score (nSPS) is 10.6. The number of hydrogen-bond donors (Lipinski definition) is 1. The lowest BCUT2D eigenvalue weighted by molar-refractivity contribution is -0.152. The van der Waals surface area contributed by atoms with Crippen LogP contribution in [0.3, 0.4) is 0 Å². The zero-order valence-corrected chi connectivity index (χ0v) is 13.9. The molecule has 23 heavy (non-hydrogen) atoms. The summed E-state index contributed by atoms with van der Waals surface area (Å²) in [6, 6.07) is 13.0. The minimum absolute atomic E-state index is 0. The van der Waals surface area contributed by atoms with Crippen molar-refractivity contribution in [3.05, 3.63) is 72.1 Å². The lowest BCUT2D eigenvalue weighted by Gasteiger charge is -2.21. The number of carbonyl (C=O) groups excluding carboxylic acids is 1. The lowest BCUT2D eigenvalue weighted by Crippen LogP contribution is -2.37. The molecule has 0 atom stereocenters. The van der Waals surface area contributed by atoms with Crippen molar-refractivity contribution < 1.29 is 19.4 Å². The van der Waals surface area contributed by atoms with Gasteiger partial charge in [-0.25, -0.2) is 4.79 Å². The van der Waals surface area contributed by atoms with E-state index < -0.39 is 11.6 Å². The van der Waals surface area contributed by atoms with Crippen LogP contribution >= 0.6 is 11.6 Å². The Balaban J connectivity index is 0.00000264. The molecule has 0 aliphatic carbocycles. The Morgan fingerprint density at radius 2 is 1.39 bits per heavy atom. The van der Waals surface area contributed by atoms with Crippen molar-refractivity contribution in [2.45, 2.75) is 19.4 Å². The molecule has 1 N–H and O–H groups in total. The maximum atomic E-state index is 12.3. The van der Waals surface area contributed by atoms with Gasteiger partial charge in [-0.15, -0.1) is 0 Å². The fourth-order valence-electron chi connectivity index (χ4n) is 1.78. The van der Waals surface area contributed by atoms with E-state index in [1.165, 1.54) is 13.8 Å². The maximum absolute atomic E-state index is 12.3. The Labute approximate surface area is 140 Å². The first-order chi connectivity index (χ1) is 10.3. The van der Waals surface area contributed by atoms with Gasteiger partial charge in [0.05, 0.1) is 0 Å². The first-order valence-corrected chi connectivity index (χ1v) is 7.00. The third kappa shape index (κ3) is 4.50. The van der Waals surface area contributed by atoms with Crippen molar-refractivity contribution >= 4 is 23.4 Å². The molecule has 0 fully saturated rings. The number of carboxylic acids is 1. The van der Waals surface area contributed by atoms with E-state index in [9.17, 15) is 9.59 Å². The SMILES string of the molecule is CC(C)(Oc1ccc(C(=O)c2ccc(Cl)cc2)cc1)C(=O)O.[CH3+]. The number of ketones is 1. The fourth-order valence-corrected chi connectivity index (χ4v) is 1.91. The van der Waals surface area contributed by atoms with Crippen LogP contribution < -0.4 is 4.74 Å². The predicted molar refractivity (Wildman–Crippen MR) is 90.1 cm³/mol. The number of carboxylic acid groups (broad SMARTS) is 1. The van der Waals surface area contributed by atoms with Crippen molar-refractivity contribution in [3.8, 4) is 5.75 Å². The van der Waals surface area contributed by atoms with Gasteiger partial charge in [-0.2, -0.15) is 0 Å². The molecule has 0 aliphatic heterocycles. The molecule has 2 aromatic rings. The van der Waals surface area contributed by atoms with E-state index in [-0.39, 0.29) is 13.2 Å². The zero-order chi connectivity index (χ0) is 16.3. The molecule has 4 nitrogen and oxygen atoms in total. The maximum Gasteiger partial charge on any atom is 0.347 e. The Bertz CT molecular complexity index is 688. The molecular weight excluding hydrogens is 316 g/mol. The highest BCUT2D eigenvalue weighted by Crippen LogP contribution is 2.21. The van der Waals surface area contributed by atoms with Crippen LogP contribution in [-0.4, -0.2) is 22.5 Å². The van der Waals surface area contributed by atoms with Crippen LogP contribution in [-0.2, 0) is 4.79 Å². The minimum Gasteiger partial charge on any atom is -0.478 e. The third-order valence-electron chi connectivity index (χ3n) is 3.11. The van der Waals surface area contributed by atoms with Crippen LogP contribution in [0.15, 0.2) is 48.5 Å². The van der Waals surface area contributed by atoms with Crippen molar-refractivity contribution in [1.29, 1.82) is 0 Å². The van der Waals surface area contributed by atoms with Crippen molar-refractivity contribution in [3.63, 3.8) is 0 Å². The van der Waals surface area contributed by atoms with E-state index >= 15 is 0 Å². The molecule has 0 spiro atoms. The van der Waals surface area contributed by atoms with Gasteiger partial charge in [0.2, 0.25) is 0 Å². The molecule has 120 valence electrons. The summed E-state index contributed by atoms with van der Waals surface area (Å²) in [7, 11) is 0. The number of hydrogen-bond acceptors (Lipinski definition) is 3. The molecule has 0 bridgehead atoms. The van der Waals surface area contributed by atoms with Gasteiger partial charge >= 0.3 is 5.97 Å². The number of aliphatic carboxylic acids is 1.